The molecule has 2 aromatic rings. The summed E-state index contributed by atoms with van der Waals surface area (Å²) >= 11 is 1.30. The summed E-state index contributed by atoms with van der Waals surface area (Å²) < 4.78 is 14.6. The molecule has 0 amide bonds. The fourth-order valence-corrected chi connectivity index (χ4v) is 3.35. The van der Waals surface area contributed by atoms with Crippen molar-refractivity contribution in [2.24, 2.45) is 0 Å². The maximum Gasteiger partial charge on any atom is 0.338 e. The minimum atomic E-state index is -0.349. The molecule has 2 heterocycles. The Hall–Kier alpha value is -2.36. The van der Waals surface area contributed by atoms with Crippen LogP contribution in [0.4, 0.5) is 22.2 Å². The van der Waals surface area contributed by atoms with Crippen molar-refractivity contribution >= 4 is 39.7 Å². The van der Waals surface area contributed by atoms with Crippen molar-refractivity contribution in [1.82, 2.24) is 4.37 Å². The van der Waals surface area contributed by atoms with Gasteiger partial charge in [0.25, 0.3) is 0 Å². The first-order valence-electron chi connectivity index (χ1n) is 7.99. The minimum absolute atomic E-state index is 0.341. The number of nitrogens with zero attached hydrogens (tertiary/aromatic N) is 2. The highest BCUT2D eigenvalue weighted by molar-refractivity contribution is 7.11. The molecule has 1 aliphatic heterocycles. The molecule has 3 N–H and O–H groups in total. The van der Waals surface area contributed by atoms with E-state index in [0.29, 0.717) is 36.9 Å². The number of morpholine rings is 1. The van der Waals surface area contributed by atoms with Crippen molar-refractivity contribution in [3.05, 3.63) is 29.8 Å². The van der Waals surface area contributed by atoms with E-state index in [-0.39, 0.29) is 5.97 Å². The first-order valence-corrected chi connectivity index (χ1v) is 8.77. The molecule has 1 aliphatic rings. The van der Waals surface area contributed by atoms with Gasteiger partial charge in [-0.25, -0.2) is 10.3 Å². The van der Waals surface area contributed by atoms with Crippen LogP contribution in [0.1, 0.15) is 17.3 Å². The van der Waals surface area contributed by atoms with Gasteiger partial charge in [-0.3, -0.25) is 5.21 Å². The van der Waals surface area contributed by atoms with Crippen LogP contribution in [0.15, 0.2) is 24.3 Å². The normalized spacial score (nSPS) is 14.2. The number of ether oxygens (including phenoxy) is 2. The topological polar surface area (TPSA) is 96.0 Å². The van der Waals surface area contributed by atoms with Gasteiger partial charge in [-0.1, -0.05) is 0 Å². The average Bonchev–Trinajstić information content (AvgIpc) is 3.06. The van der Waals surface area contributed by atoms with E-state index in [1.807, 2.05) is 0 Å². The Labute approximate surface area is 149 Å². The van der Waals surface area contributed by atoms with Crippen LogP contribution in [0.3, 0.4) is 0 Å². The van der Waals surface area contributed by atoms with Crippen molar-refractivity contribution in [2.75, 3.05) is 48.6 Å². The molecule has 25 heavy (non-hydrogen) atoms. The number of nitrogens with one attached hydrogen (secondary N) is 2. The van der Waals surface area contributed by atoms with E-state index in [0.717, 1.165) is 23.8 Å². The number of benzene rings is 1. The summed E-state index contributed by atoms with van der Waals surface area (Å²) in [5, 5.41) is 13.5. The van der Waals surface area contributed by atoms with Gasteiger partial charge >= 0.3 is 5.97 Å². The molecule has 0 saturated carbocycles. The van der Waals surface area contributed by atoms with Gasteiger partial charge in [0, 0.05) is 18.8 Å². The van der Waals surface area contributed by atoms with E-state index in [4.69, 9.17) is 9.47 Å². The fraction of sp³-hybridized carbons (Fsp3) is 0.375. The zero-order valence-corrected chi connectivity index (χ0v) is 14.6. The Balaban J connectivity index is 1.79. The van der Waals surface area contributed by atoms with Crippen LogP contribution >= 0.6 is 11.5 Å². The lowest BCUT2D eigenvalue weighted by Gasteiger charge is -2.28. The molecule has 134 valence electrons. The molecule has 0 unspecified atom stereocenters. The summed E-state index contributed by atoms with van der Waals surface area (Å²) in [5.41, 5.74) is 4.09. The van der Waals surface area contributed by atoms with Crippen LogP contribution in [0, 0.1) is 0 Å². The van der Waals surface area contributed by atoms with E-state index in [1.54, 1.807) is 31.2 Å². The van der Waals surface area contributed by atoms with Crippen LogP contribution < -0.4 is 15.7 Å². The third-order valence-corrected chi connectivity index (χ3v) is 4.65. The number of esters is 1. The molecule has 0 atom stereocenters. The number of hydrogen-bond donors (Lipinski definition) is 3. The molecule has 8 nitrogen and oxygen atoms in total. The van der Waals surface area contributed by atoms with E-state index >= 15 is 0 Å². The second-order valence-corrected chi connectivity index (χ2v) is 6.10. The third-order valence-electron chi connectivity index (χ3n) is 3.74. The lowest BCUT2D eigenvalue weighted by molar-refractivity contribution is 0.0526. The fourth-order valence-electron chi connectivity index (χ4n) is 2.50. The molecule has 9 heteroatoms. The Morgan fingerprint density at radius 3 is 2.72 bits per heavy atom. The van der Waals surface area contributed by atoms with Crippen LogP contribution in [-0.2, 0) is 9.47 Å². The Morgan fingerprint density at radius 2 is 2.08 bits per heavy atom. The Morgan fingerprint density at radius 1 is 1.36 bits per heavy atom. The molecule has 1 saturated heterocycles. The summed E-state index contributed by atoms with van der Waals surface area (Å²) in [6, 6.07) is 6.96. The standard InChI is InChI=1S/C16H20N4O4S/c1-2-24-16(21)11-3-5-12(6-4-11)17-13-14(18-22)19-25-15(13)20-7-9-23-10-8-20/h3-6,17,22H,2,7-10H2,1H3,(H,18,19). The Bertz CT molecular complexity index is 713. The number of anilines is 4. The molecule has 0 bridgehead atoms. The van der Waals surface area contributed by atoms with Crippen LogP contribution in [0.5, 0.6) is 0 Å². The van der Waals surface area contributed by atoms with Gasteiger partial charge in [-0.2, -0.15) is 4.37 Å². The van der Waals surface area contributed by atoms with Crippen molar-refractivity contribution in [3.63, 3.8) is 0 Å². The second-order valence-electron chi connectivity index (χ2n) is 5.35. The molecule has 1 aromatic carbocycles. The first-order chi connectivity index (χ1) is 12.2. The van der Waals surface area contributed by atoms with E-state index in [2.05, 4.69) is 20.1 Å². The average molecular weight is 364 g/mol. The van der Waals surface area contributed by atoms with E-state index < -0.39 is 0 Å². The van der Waals surface area contributed by atoms with Crippen LogP contribution in [0.25, 0.3) is 0 Å². The highest BCUT2D eigenvalue weighted by atomic mass is 32.1. The SMILES string of the molecule is CCOC(=O)c1ccc(Nc2c(NO)nsc2N2CCOCC2)cc1. The molecular formula is C16H20N4O4S. The molecule has 0 spiro atoms. The zero-order valence-electron chi connectivity index (χ0n) is 13.8. The molecule has 1 aromatic heterocycles. The maximum absolute atomic E-state index is 11.7. The predicted molar refractivity (Wildman–Crippen MR) is 96.2 cm³/mol. The van der Waals surface area contributed by atoms with Crippen molar-refractivity contribution in [2.45, 2.75) is 6.92 Å². The lowest BCUT2D eigenvalue weighted by atomic mass is 10.2. The van der Waals surface area contributed by atoms with Gasteiger partial charge < -0.3 is 19.7 Å². The molecule has 0 radical (unpaired) electrons. The molecule has 1 fully saturated rings. The summed E-state index contributed by atoms with van der Waals surface area (Å²) in [4.78, 5) is 13.9. The second kappa shape index (κ2) is 8.15. The largest absolute Gasteiger partial charge is 0.462 e. The van der Waals surface area contributed by atoms with E-state index in [9.17, 15) is 10.0 Å². The Kier molecular flexibility index (Phi) is 5.69. The van der Waals surface area contributed by atoms with Gasteiger partial charge in [-0.15, -0.1) is 0 Å². The predicted octanol–water partition coefficient (Wildman–Crippen LogP) is 2.70. The van der Waals surface area contributed by atoms with Gasteiger partial charge in [0.05, 0.1) is 25.4 Å². The van der Waals surface area contributed by atoms with Crippen molar-refractivity contribution < 1.29 is 19.5 Å². The van der Waals surface area contributed by atoms with E-state index in [1.165, 1.54) is 11.5 Å². The van der Waals surface area contributed by atoms with Gasteiger partial charge in [0.1, 0.15) is 10.7 Å². The summed E-state index contributed by atoms with van der Waals surface area (Å²) in [6.45, 7) is 4.97. The van der Waals surface area contributed by atoms with Crippen LogP contribution in [-0.4, -0.2) is 48.5 Å². The first kappa shape index (κ1) is 17.5. The molecule has 3 rings (SSSR count). The van der Waals surface area contributed by atoms with Gasteiger partial charge in [0.15, 0.2) is 5.82 Å². The highest BCUT2D eigenvalue weighted by Crippen LogP contribution is 2.39. The van der Waals surface area contributed by atoms with Crippen molar-refractivity contribution in [1.29, 1.82) is 0 Å². The monoisotopic (exact) mass is 364 g/mol. The quantitative estimate of drug-likeness (QED) is 0.532. The summed E-state index contributed by atoms with van der Waals surface area (Å²) in [5.74, 6) is 0.0129. The van der Waals surface area contributed by atoms with Gasteiger partial charge in [-0.05, 0) is 42.7 Å². The molecule has 0 aliphatic carbocycles. The number of carbonyl (C=O) groups excluding carboxylic acids is 1. The maximum atomic E-state index is 11.7. The van der Waals surface area contributed by atoms with Gasteiger partial charge in [0.2, 0.25) is 0 Å². The summed E-state index contributed by atoms with van der Waals surface area (Å²) in [6.07, 6.45) is 0. The van der Waals surface area contributed by atoms with Crippen molar-refractivity contribution in [3.8, 4) is 0 Å². The number of rotatable bonds is 6. The third kappa shape index (κ3) is 4.01. The summed E-state index contributed by atoms with van der Waals surface area (Å²) in [7, 11) is 0. The number of carbonyl (C=O) groups is 1. The van der Waals surface area contributed by atoms with Crippen LogP contribution in [0.2, 0.25) is 0 Å². The minimum Gasteiger partial charge on any atom is -0.462 e. The zero-order chi connectivity index (χ0) is 17.6. The smallest absolute Gasteiger partial charge is 0.338 e. The highest BCUT2D eigenvalue weighted by Gasteiger charge is 2.21. The number of aromatic nitrogens is 1. The lowest BCUT2D eigenvalue weighted by Crippen LogP contribution is -2.36. The molecular weight excluding hydrogens is 344 g/mol. The number of hydrogen-bond acceptors (Lipinski definition) is 9.